The van der Waals surface area contributed by atoms with Gasteiger partial charge in [-0.1, -0.05) is 18.5 Å². The van der Waals surface area contributed by atoms with E-state index in [2.05, 4.69) is 24.1 Å². The van der Waals surface area contributed by atoms with Crippen molar-refractivity contribution in [3.63, 3.8) is 0 Å². The molecular formula is C15H22ClFN2. The molecule has 1 aliphatic rings. The SMILES string of the molecule is CCCNC1CCN(c2ccc(F)c(Cl)c2)C(C)C1. The maximum Gasteiger partial charge on any atom is 0.141 e. The lowest BCUT2D eigenvalue weighted by Gasteiger charge is -2.39. The molecule has 4 heteroatoms. The summed E-state index contributed by atoms with van der Waals surface area (Å²) in [5, 5.41) is 3.79. The predicted octanol–water partition coefficient (Wildman–Crippen LogP) is 3.84. The summed E-state index contributed by atoms with van der Waals surface area (Å²) in [6, 6.07) is 6.04. The zero-order valence-corrected chi connectivity index (χ0v) is 12.4. The molecule has 2 atom stereocenters. The van der Waals surface area contributed by atoms with Crippen LogP contribution in [-0.2, 0) is 0 Å². The van der Waals surface area contributed by atoms with Gasteiger partial charge in [0.2, 0.25) is 0 Å². The Hall–Kier alpha value is -0.800. The monoisotopic (exact) mass is 284 g/mol. The Morgan fingerprint density at radius 2 is 2.26 bits per heavy atom. The number of nitrogens with zero attached hydrogens (tertiary/aromatic N) is 1. The zero-order valence-electron chi connectivity index (χ0n) is 11.6. The molecule has 19 heavy (non-hydrogen) atoms. The van der Waals surface area contributed by atoms with Gasteiger partial charge in [0, 0.05) is 24.3 Å². The second-order valence-corrected chi connectivity index (χ2v) is 5.72. The van der Waals surface area contributed by atoms with Gasteiger partial charge in [-0.3, -0.25) is 0 Å². The molecule has 2 nitrogen and oxygen atoms in total. The van der Waals surface area contributed by atoms with Gasteiger partial charge in [-0.2, -0.15) is 0 Å². The van der Waals surface area contributed by atoms with Crippen LogP contribution in [0.15, 0.2) is 18.2 Å². The Balaban J connectivity index is 2.01. The van der Waals surface area contributed by atoms with Gasteiger partial charge in [0.1, 0.15) is 5.82 Å². The molecular weight excluding hydrogens is 263 g/mol. The Morgan fingerprint density at radius 3 is 2.89 bits per heavy atom. The topological polar surface area (TPSA) is 15.3 Å². The van der Waals surface area contributed by atoms with Crippen molar-refractivity contribution in [3.8, 4) is 0 Å². The Morgan fingerprint density at radius 1 is 1.47 bits per heavy atom. The normalized spacial score (nSPS) is 23.7. The van der Waals surface area contributed by atoms with Gasteiger partial charge in [0.15, 0.2) is 0 Å². The molecule has 0 saturated carbocycles. The van der Waals surface area contributed by atoms with Crippen molar-refractivity contribution in [3.05, 3.63) is 29.0 Å². The summed E-state index contributed by atoms with van der Waals surface area (Å²) in [5.74, 6) is -0.349. The maximum atomic E-state index is 13.2. The Bertz CT molecular complexity index is 425. The number of nitrogens with one attached hydrogen (secondary N) is 1. The minimum atomic E-state index is -0.349. The molecule has 1 N–H and O–H groups in total. The highest BCUT2D eigenvalue weighted by Crippen LogP contribution is 2.28. The van der Waals surface area contributed by atoms with Crippen LogP contribution >= 0.6 is 11.6 Å². The van der Waals surface area contributed by atoms with E-state index in [-0.39, 0.29) is 10.8 Å². The molecule has 0 spiro atoms. The molecule has 0 radical (unpaired) electrons. The molecule has 1 aliphatic heterocycles. The van der Waals surface area contributed by atoms with Gasteiger partial charge >= 0.3 is 0 Å². The van der Waals surface area contributed by atoms with E-state index in [1.165, 1.54) is 12.5 Å². The number of anilines is 1. The fourth-order valence-corrected chi connectivity index (χ4v) is 2.93. The van der Waals surface area contributed by atoms with Crippen LogP contribution in [0.25, 0.3) is 0 Å². The molecule has 106 valence electrons. The van der Waals surface area contributed by atoms with Crippen LogP contribution < -0.4 is 10.2 Å². The van der Waals surface area contributed by atoms with Gasteiger partial charge in [0.05, 0.1) is 5.02 Å². The zero-order chi connectivity index (χ0) is 13.8. The molecule has 0 aromatic heterocycles. The molecule has 1 saturated heterocycles. The van der Waals surface area contributed by atoms with E-state index < -0.39 is 0 Å². The fraction of sp³-hybridized carbons (Fsp3) is 0.600. The van der Waals surface area contributed by atoms with Crippen LogP contribution in [0.3, 0.4) is 0 Å². The van der Waals surface area contributed by atoms with Crippen LogP contribution in [0, 0.1) is 5.82 Å². The summed E-state index contributed by atoms with van der Waals surface area (Å²) < 4.78 is 13.2. The molecule has 1 fully saturated rings. The summed E-state index contributed by atoms with van der Waals surface area (Å²) in [6.45, 7) is 6.48. The van der Waals surface area contributed by atoms with Crippen molar-refractivity contribution in [2.75, 3.05) is 18.0 Å². The molecule has 1 aromatic carbocycles. The average Bonchev–Trinajstić information content (AvgIpc) is 2.40. The van der Waals surface area contributed by atoms with Crippen molar-refractivity contribution in [1.29, 1.82) is 0 Å². The van der Waals surface area contributed by atoms with Crippen LogP contribution in [0.5, 0.6) is 0 Å². The van der Waals surface area contributed by atoms with E-state index in [0.29, 0.717) is 12.1 Å². The summed E-state index contributed by atoms with van der Waals surface area (Å²) in [6.07, 6.45) is 3.41. The largest absolute Gasteiger partial charge is 0.369 e. The third-order valence-corrected chi connectivity index (χ3v) is 4.08. The van der Waals surface area contributed by atoms with Gasteiger partial charge in [-0.05, 0) is 50.9 Å². The quantitative estimate of drug-likeness (QED) is 0.904. The van der Waals surface area contributed by atoms with Crippen LogP contribution in [-0.4, -0.2) is 25.2 Å². The number of rotatable bonds is 4. The van der Waals surface area contributed by atoms with E-state index in [1.54, 1.807) is 6.07 Å². The van der Waals surface area contributed by atoms with Gasteiger partial charge < -0.3 is 10.2 Å². The van der Waals surface area contributed by atoms with E-state index in [1.807, 2.05) is 6.07 Å². The lowest BCUT2D eigenvalue weighted by Crippen LogP contribution is -2.47. The number of piperidine rings is 1. The summed E-state index contributed by atoms with van der Waals surface area (Å²) in [4.78, 5) is 2.31. The number of hydrogen-bond acceptors (Lipinski definition) is 2. The van der Waals surface area contributed by atoms with Gasteiger partial charge in [0.25, 0.3) is 0 Å². The lowest BCUT2D eigenvalue weighted by atomic mass is 9.97. The van der Waals surface area contributed by atoms with Crippen LogP contribution in [0.4, 0.5) is 10.1 Å². The molecule has 0 bridgehead atoms. The third kappa shape index (κ3) is 3.61. The van der Waals surface area contributed by atoms with E-state index >= 15 is 0 Å². The summed E-state index contributed by atoms with van der Waals surface area (Å²) in [5.41, 5.74) is 1.02. The van der Waals surface area contributed by atoms with Crippen LogP contribution in [0.1, 0.15) is 33.1 Å². The number of hydrogen-bond donors (Lipinski definition) is 1. The van der Waals surface area contributed by atoms with Crippen molar-refractivity contribution < 1.29 is 4.39 Å². The van der Waals surface area contributed by atoms with Crippen molar-refractivity contribution in [2.24, 2.45) is 0 Å². The highest BCUT2D eigenvalue weighted by molar-refractivity contribution is 6.31. The summed E-state index contributed by atoms with van der Waals surface area (Å²) in [7, 11) is 0. The minimum absolute atomic E-state index is 0.205. The Labute approximate surface area is 119 Å². The first-order valence-electron chi connectivity index (χ1n) is 7.07. The van der Waals surface area contributed by atoms with Crippen molar-refractivity contribution >= 4 is 17.3 Å². The molecule has 2 rings (SSSR count). The predicted molar refractivity (Wildman–Crippen MR) is 79.5 cm³/mol. The van der Waals surface area contributed by atoms with Gasteiger partial charge in [-0.25, -0.2) is 4.39 Å². The summed E-state index contributed by atoms with van der Waals surface area (Å²) >= 11 is 5.86. The molecule has 1 aromatic rings. The Kier molecular flexibility index (Phi) is 5.06. The highest BCUT2D eigenvalue weighted by Gasteiger charge is 2.25. The molecule has 0 aliphatic carbocycles. The number of benzene rings is 1. The third-order valence-electron chi connectivity index (χ3n) is 3.79. The molecule has 1 heterocycles. The minimum Gasteiger partial charge on any atom is -0.369 e. The average molecular weight is 285 g/mol. The van der Waals surface area contributed by atoms with E-state index in [9.17, 15) is 4.39 Å². The van der Waals surface area contributed by atoms with Crippen LogP contribution in [0.2, 0.25) is 5.02 Å². The van der Waals surface area contributed by atoms with Gasteiger partial charge in [-0.15, -0.1) is 0 Å². The van der Waals surface area contributed by atoms with E-state index in [0.717, 1.165) is 31.6 Å². The second-order valence-electron chi connectivity index (χ2n) is 5.32. The first-order chi connectivity index (χ1) is 9.11. The first-order valence-corrected chi connectivity index (χ1v) is 7.44. The smallest absolute Gasteiger partial charge is 0.141 e. The van der Waals surface area contributed by atoms with Crippen molar-refractivity contribution in [2.45, 2.75) is 45.2 Å². The van der Waals surface area contributed by atoms with E-state index in [4.69, 9.17) is 11.6 Å². The molecule has 0 amide bonds. The standard InChI is InChI=1S/C15H22ClFN2/c1-3-7-18-12-6-8-19(11(2)9-12)13-4-5-15(17)14(16)10-13/h4-5,10-12,18H,3,6-9H2,1-2H3. The maximum absolute atomic E-state index is 13.2. The lowest BCUT2D eigenvalue weighted by molar-refractivity contribution is 0.368. The second kappa shape index (κ2) is 6.58. The molecule has 2 unspecified atom stereocenters. The fourth-order valence-electron chi connectivity index (χ4n) is 2.75. The number of halogens is 2. The van der Waals surface area contributed by atoms with Crippen molar-refractivity contribution in [1.82, 2.24) is 5.32 Å². The highest BCUT2D eigenvalue weighted by atomic mass is 35.5. The first kappa shape index (κ1) is 14.6.